The van der Waals surface area contributed by atoms with E-state index in [-0.39, 0.29) is 0 Å². The summed E-state index contributed by atoms with van der Waals surface area (Å²) < 4.78 is 0. The molecule has 2 fully saturated rings. The Bertz CT molecular complexity index is 303. The van der Waals surface area contributed by atoms with E-state index in [1.54, 1.807) is 0 Å². The first kappa shape index (κ1) is 14.8. The minimum absolute atomic E-state index is 0.302. The zero-order valence-electron chi connectivity index (χ0n) is 12.3. The van der Waals surface area contributed by atoms with E-state index in [1.165, 1.54) is 32.1 Å². The number of rotatable bonds is 4. The van der Waals surface area contributed by atoms with Crippen LogP contribution in [-0.2, 0) is 4.79 Å². The van der Waals surface area contributed by atoms with Crippen molar-refractivity contribution in [2.45, 2.75) is 70.0 Å². The maximum atomic E-state index is 10.8. The zero-order valence-corrected chi connectivity index (χ0v) is 12.3. The summed E-state index contributed by atoms with van der Waals surface area (Å²) in [4.78, 5) is 15.9. The van der Waals surface area contributed by atoms with Crippen molar-refractivity contribution in [1.82, 2.24) is 9.80 Å². The van der Waals surface area contributed by atoms with E-state index >= 15 is 0 Å². The number of hydrogen-bond donors (Lipinski definition) is 1. The number of likely N-dealkylation sites (N-methyl/N-ethyl adjacent to an activating group) is 1. The van der Waals surface area contributed by atoms with Crippen LogP contribution in [0.4, 0.5) is 0 Å². The predicted octanol–water partition coefficient (Wildman–Crippen LogP) is 2.19. The standard InChI is InChI=1S/C15H28N2O2/c1-12-10-17(13-6-4-3-5-7-13)14(11-16(12)2)8-9-15(18)19/h12-14H,3-11H2,1-2H3,(H,18,19). The molecule has 110 valence electrons. The highest BCUT2D eigenvalue weighted by molar-refractivity contribution is 5.66. The van der Waals surface area contributed by atoms with Crippen molar-refractivity contribution in [1.29, 1.82) is 0 Å². The highest BCUT2D eigenvalue weighted by atomic mass is 16.4. The van der Waals surface area contributed by atoms with Crippen LogP contribution in [0.15, 0.2) is 0 Å². The second-order valence-electron chi connectivity index (χ2n) is 6.36. The quantitative estimate of drug-likeness (QED) is 0.849. The summed E-state index contributed by atoms with van der Waals surface area (Å²) in [6, 6.07) is 1.71. The van der Waals surface area contributed by atoms with Gasteiger partial charge in [0.15, 0.2) is 0 Å². The molecule has 19 heavy (non-hydrogen) atoms. The fourth-order valence-corrected chi connectivity index (χ4v) is 3.62. The first-order valence-electron chi connectivity index (χ1n) is 7.75. The van der Waals surface area contributed by atoms with Crippen LogP contribution in [0.2, 0.25) is 0 Å². The fourth-order valence-electron chi connectivity index (χ4n) is 3.62. The van der Waals surface area contributed by atoms with E-state index in [2.05, 4.69) is 23.8 Å². The minimum atomic E-state index is -0.662. The summed E-state index contributed by atoms with van der Waals surface area (Å²) in [7, 11) is 2.16. The molecule has 4 nitrogen and oxygen atoms in total. The number of carbonyl (C=O) groups is 1. The lowest BCUT2D eigenvalue weighted by molar-refractivity contribution is -0.137. The Balaban J connectivity index is 1.99. The molecule has 0 spiro atoms. The van der Waals surface area contributed by atoms with E-state index < -0.39 is 5.97 Å². The van der Waals surface area contributed by atoms with Gasteiger partial charge in [0.25, 0.3) is 0 Å². The normalized spacial score (nSPS) is 31.5. The molecular formula is C15H28N2O2. The molecule has 1 heterocycles. The number of nitrogens with zero attached hydrogens (tertiary/aromatic N) is 2. The SMILES string of the molecule is CC1CN(C2CCCCC2)C(CCC(=O)O)CN1C. The van der Waals surface area contributed by atoms with Crippen LogP contribution >= 0.6 is 0 Å². The largest absolute Gasteiger partial charge is 0.481 e. The Morgan fingerprint density at radius 3 is 2.53 bits per heavy atom. The Morgan fingerprint density at radius 1 is 1.21 bits per heavy atom. The highest BCUT2D eigenvalue weighted by Crippen LogP contribution is 2.28. The molecule has 1 aliphatic heterocycles. The van der Waals surface area contributed by atoms with Crippen molar-refractivity contribution in [2.24, 2.45) is 0 Å². The molecule has 0 bridgehead atoms. The van der Waals surface area contributed by atoms with Crippen molar-refractivity contribution < 1.29 is 9.90 Å². The van der Waals surface area contributed by atoms with Crippen LogP contribution in [0.3, 0.4) is 0 Å². The van der Waals surface area contributed by atoms with Gasteiger partial charge >= 0.3 is 5.97 Å². The average molecular weight is 268 g/mol. The number of carboxylic acids is 1. The van der Waals surface area contributed by atoms with Crippen LogP contribution in [0.5, 0.6) is 0 Å². The summed E-state index contributed by atoms with van der Waals surface area (Å²) in [5.74, 6) is -0.662. The Kier molecular flexibility index (Phi) is 5.22. The molecule has 0 amide bonds. The Labute approximate surface area is 116 Å². The number of piperazine rings is 1. The minimum Gasteiger partial charge on any atom is -0.481 e. The van der Waals surface area contributed by atoms with Crippen molar-refractivity contribution >= 4 is 5.97 Å². The monoisotopic (exact) mass is 268 g/mol. The molecule has 4 heteroatoms. The maximum Gasteiger partial charge on any atom is 0.303 e. The van der Waals surface area contributed by atoms with Crippen LogP contribution < -0.4 is 0 Å². The third kappa shape index (κ3) is 3.93. The third-order valence-electron chi connectivity index (χ3n) is 4.93. The first-order valence-corrected chi connectivity index (χ1v) is 7.75. The Hall–Kier alpha value is -0.610. The molecule has 2 unspecified atom stereocenters. The van der Waals surface area contributed by atoms with Crippen LogP contribution in [0, 0.1) is 0 Å². The molecule has 1 aliphatic carbocycles. The topological polar surface area (TPSA) is 43.8 Å². The highest BCUT2D eigenvalue weighted by Gasteiger charge is 2.34. The molecule has 0 aromatic rings. The third-order valence-corrected chi connectivity index (χ3v) is 4.93. The second-order valence-corrected chi connectivity index (χ2v) is 6.36. The Morgan fingerprint density at radius 2 is 1.89 bits per heavy atom. The molecule has 1 saturated carbocycles. The van der Waals surface area contributed by atoms with E-state index in [0.717, 1.165) is 19.5 Å². The number of aliphatic carboxylic acids is 1. The van der Waals surface area contributed by atoms with E-state index in [4.69, 9.17) is 5.11 Å². The van der Waals surface area contributed by atoms with Gasteiger partial charge in [0.1, 0.15) is 0 Å². The average Bonchev–Trinajstić information content (AvgIpc) is 2.40. The van der Waals surface area contributed by atoms with Gasteiger partial charge in [-0.2, -0.15) is 0 Å². The van der Waals surface area contributed by atoms with Crippen molar-refractivity contribution in [3.05, 3.63) is 0 Å². The molecule has 2 rings (SSSR count). The van der Waals surface area contributed by atoms with Crippen molar-refractivity contribution in [2.75, 3.05) is 20.1 Å². The van der Waals surface area contributed by atoms with E-state index in [9.17, 15) is 4.79 Å². The smallest absolute Gasteiger partial charge is 0.303 e. The fraction of sp³-hybridized carbons (Fsp3) is 0.933. The van der Waals surface area contributed by atoms with Crippen molar-refractivity contribution in [3.8, 4) is 0 Å². The molecule has 2 atom stereocenters. The van der Waals surface area contributed by atoms with Gasteiger partial charge in [0.2, 0.25) is 0 Å². The summed E-state index contributed by atoms with van der Waals surface area (Å²) in [5.41, 5.74) is 0. The lowest BCUT2D eigenvalue weighted by atomic mass is 9.90. The summed E-state index contributed by atoms with van der Waals surface area (Å²) in [6.07, 6.45) is 7.77. The number of hydrogen-bond acceptors (Lipinski definition) is 3. The van der Waals surface area contributed by atoms with Gasteiger partial charge in [-0.1, -0.05) is 19.3 Å². The van der Waals surface area contributed by atoms with E-state index in [1.807, 2.05) is 0 Å². The van der Waals surface area contributed by atoms with Gasteiger partial charge in [-0.05, 0) is 33.2 Å². The summed E-state index contributed by atoms with van der Waals surface area (Å²) >= 11 is 0. The van der Waals surface area contributed by atoms with E-state index in [0.29, 0.717) is 24.5 Å². The van der Waals surface area contributed by atoms with Crippen LogP contribution in [0.25, 0.3) is 0 Å². The van der Waals surface area contributed by atoms with Gasteiger partial charge in [-0.25, -0.2) is 0 Å². The van der Waals surface area contributed by atoms with Gasteiger partial charge in [0, 0.05) is 37.6 Å². The second kappa shape index (κ2) is 6.71. The van der Waals surface area contributed by atoms with Crippen LogP contribution in [-0.4, -0.2) is 59.1 Å². The van der Waals surface area contributed by atoms with Gasteiger partial charge in [0.05, 0.1) is 0 Å². The first-order chi connectivity index (χ1) is 9.08. The zero-order chi connectivity index (χ0) is 13.8. The lowest BCUT2D eigenvalue weighted by Gasteiger charge is -2.48. The predicted molar refractivity (Wildman–Crippen MR) is 76.3 cm³/mol. The molecule has 0 aromatic carbocycles. The van der Waals surface area contributed by atoms with Crippen LogP contribution in [0.1, 0.15) is 51.9 Å². The number of carboxylic acid groups (broad SMARTS) is 1. The molecule has 2 aliphatic rings. The molecule has 1 N–H and O–H groups in total. The van der Waals surface area contributed by atoms with Gasteiger partial charge in [-0.15, -0.1) is 0 Å². The maximum absolute atomic E-state index is 10.8. The van der Waals surface area contributed by atoms with Gasteiger partial charge < -0.3 is 10.0 Å². The van der Waals surface area contributed by atoms with Gasteiger partial charge in [-0.3, -0.25) is 9.69 Å². The molecule has 1 saturated heterocycles. The molecule has 0 radical (unpaired) electrons. The lowest BCUT2D eigenvalue weighted by Crippen LogP contribution is -2.59. The summed E-state index contributed by atoms with van der Waals surface area (Å²) in [5, 5.41) is 8.93. The summed E-state index contributed by atoms with van der Waals surface area (Å²) in [6.45, 7) is 4.40. The van der Waals surface area contributed by atoms with Crippen molar-refractivity contribution in [3.63, 3.8) is 0 Å². The molecular weight excluding hydrogens is 240 g/mol. The molecule has 0 aromatic heterocycles.